The third-order valence-corrected chi connectivity index (χ3v) is 2.62. The van der Waals surface area contributed by atoms with Crippen LogP contribution in [0.5, 0.6) is 0 Å². The van der Waals surface area contributed by atoms with Crippen LogP contribution in [0, 0.1) is 5.41 Å². The standard InChI is InChI=1S/C14H16O3/c1-4-14(3,13(16)17-5-2)12(15)11-9-7-6-8-10-11/h4,6-10H,1,5H2,2-3H3. The maximum absolute atomic E-state index is 12.2. The van der Waals surface area contributed by atoms with Crippen LogP contribution >= 0.6 is 0 Å². The van der Waals surface area contributed by atoms with Crippen molar-refractivity contribution in [1.29, 1.82) is 0 Å². The minimum atomic E-state index is -1.32. The molecule has 1 atom stereocenters. The Morgan fingerprint density at radius 3 is 2.41 bits per heavy atom. The lowest BCUT2D eigenvalue weighted by Gasteiger charge is -2.21. The van der Waals surface area contributed by atoms with Crippen LogP contribution in [0.15, 0.2) is 43.0 Å². The fourth-order valence-electron chi connectivity index (χ4n) is 1.44. The lowest BCUT2D eigenvalue weighted by atomic mass is 9.82. The second kappa shape index (κ2) is 5.43. The highest BCUT2D eigenvalue weighted by molar-refractivity contribution is 6.13. The zero-order valence-corrected chi connectivity index (χ0v) is 10.1. The molecular formula is C14H16O3. The van der Waals surface area contributed by atoms with E-state index in [1.54, 1.807) is 31.2 Å². The molecule has 0 bridgehead atoms. The van der Waals surface area contributed by atoms with Crippen molar-refractivity contribution in [1.82, 2.24) is 0 Å². The molecule has 3 nitrogen and oxygen atoms in total. The van der Waals surface area contributed by atoms with Gasteiger partial charge >= 0.3 is 5.97 Å². The van der Waals surface area contributed by atoms with E-state index < -0.39 is 11.4 Å². The third-order valence-electron chi connectivity index (χ3n) is 2.62. The minimum absolute atomic E-state index is 0.240. The van der Waals surface area contributed by atoms with Gasteiger partial charge in [-0.2, -0.15) is 0 Å². The molecular weight excluding hydrogens is 216 g/mol. The molecule has 0 heterocycles. The quantitative estimate of drug-likeness (QED) is 0.339. The van der Waals surface area contributed by atoms with Gasteiger partial charge in [0.25, 0.3) is 0 Å². The molecule has 0 aliphatic carbocycles. The minimum Gasteiger partial charge on any atom is -0.465 e. The maximum atomic E-state index is 12.2. The van der Waals surface area contributed by atoms with Gasteiger partial charge in [0.1, 0.15) is 5.41 Å². The highest BCUT2D eigenvalue weighted by Crippen LogP contribution is 2.25. The van der Waals surface area contributed by atoms with Crippen LogP contribution in [0.4, 0.5) is 0 Å². The van der Waals surface area contributed by atoms with Gasteiger partial charge in [0.2, 0.25) is 0 Å². The highest BCUT2D eigenvalue weighted by Gasteiger charge is 2.39. The van der Waals surface area contributed by atoms with Crippen LogP contribution in [0.1, 0.15) is 24.2 Å². The second-order valence-corrected chi connectivity index (χ2v) is 3.82. The van der Waals surface area contributed by atoms with Gasteiger partial charge in [-0.3, -0.25) is 9.59 Å². The monoisotopic (exact) mass is 232 g/mol. The Bertz CT molecular complexity index is 422. The van der Waals surface area contributed by atoms with Gasteiger partial charge < -0.3 is 4.74 Å². The Morgan fingerprint density at radius 1 is 1.35 bits per heavy atom. The number of ketones is 1. The predicted octanol–water partition coefficient (Wildman–Crippen LogP) is 2.62. The molecule has 1 unspecified atom stereocenters. The van der Waals surface area contributed by atoms with Crippen molar-refractivity contribution in [2.75, 3.05) is 6.61 Å². The first-order chi connectivity index (χ1) is 8.06. The zero-order valence-electron chi connectivity index (χ0n) is 10.1. The van der Waals surface area contributed by atoms with Gasteiger partial charge in [-0.15, -0.1) is 6.58 Å². The van der Waals surface area contributed by atoms with Crippen LogP contribution in [-0.2, 0) is 9.53 Å². The molecule has 0 saturated carbocycles. The zero-order chi connectivity index (χ0) is 12.9. The summed E-state index contributed by atoms with van der Waals surface area (Å²) in [7, 11) is 0. The number of esters is 1. The summed E-state index contributed by atoms with van der Waals surface area (Å²) in [5.41, 5.74) is -0.847. The molecule has 1 aromatic carbocycles. The van der Waals surface area contributed by atoms with Crippen LogP contribution in [0.3, 0.4) is 0 Å². The van der Waals surface area contributed by atoms with Crippen molar-refractivity contribution >= 4 is 11.8 Å². The van der Waals surface area contributed by atoms with E-state index in [0.29, 0.717) is 5.56 Å². The van der Waals surface area contributed by atoms with E-state index in [-0.39, 0.29) is 12.4 Å². The first kappa shape index (κ1) is 13.2. The molecule has 0 fully saturated rings. The molecule has 3 heteroatoms. The largest absolute Gasteiger partial charge is 0.465 e. The van der Waals surface area contributed by atoms with E-state index in [4.69, 9.17) is 4.74 Å². The summed E-state index contributed by atoms with van der Waals surface area (Å²) in [6, 6.07) is 8.66. The number of carbonyl (C=O) groups excluding carboxylic acids is 2. The molecule has 0 aliphatic rings. The predicted molar refractivity (Wildman–Crippen MR) is 65.7 cm³/mol. The molecule has 0 aromatic heterocycles. The van der Waals surface area contributed by atoms with Crippen molar-refractivity contribution in [2.24, 2.45) is 5.41 Å². The Balaban J connectivity index is 3.06. The van der Waals surface area contributed by atoms with E-state index in [1.165, 1.54) is 13.0 Å². The number of benzene rings is 1. The normalized spacial score (nSPS) is 13.5. The first-order valence-corrected chi connectivity index (χ1v) is 5.47. The summed E-state index contributed by atoms with van der Waals surface area (Å²) in [5, 5.41) is 0. The van der Waals surface area contributed by atoms with E-state index in [0.717, 1.165) is 0 Å². The molecule has 0 amide bonds. The summed E-state index contributed by atoms with van der Waals surface area (Å²) in [6.07, 6.45) is 1.33. The Morgan fingerprint density at radius 2 is 1.94 bits per heavy atom. The Kier molecular flexibility index (Phi) is 4.21. The molecule has 0 aliphatic heterocycles. The molecule has 1 rings (SSSR count). The summed E-state index contributed by atoms with van der Waals surface area (Å²) in [4.78, 5) is 24.0. The topological polar surface area (TPSA) is 43.4 Å². The molecule has 0 saturated heterocycles. The summed E-state index contributed by atoms with van der Waals surface area (Å²) < 4.78 is 4.91. The lowest BCUT2D eigenvalue weighted by molar-refractivity contribution is -0.149. The Labute approximate surface area is 101 Å². The molecule has 90 valence electrons. The number of ether oxygens (including phenoxy) is 1. The third kappa shape index (κ3) is 2.61. The summed E-state index contributed by atoms with van der Waals surface area (Å²) in [6.45, 7) is 7.03. The van der Waals surface area contributed by atoms with Crippen LogP contribution in [0.25, 0.3) is 0 Å². The van der Waals surface area contributed by atoms with Crippen molar-refractivity contribution < 1.29 is 14.3 Å². The van der Waals surface area contributed by atoms with E-state index >= 15 is 0 Å². The van der Waals surface area contributed by atoms with Gasteiger partial charge in [-0.1, -0.05) is 36.4 Å². The first-order valence-electron chi connectivity index (χ1n) is 5.47. The fourth-order valence-corrected chi connectivity index (χ4v) is 1.44. The van der Waals surface area contributed by atoms with E-state index in [1.807, 2.05) is 6.07 Å². The van der Waals surface area contributed by atoms with Crippen molar-refractivity contribution in [3.63, 3.8) is 0 Å². The van der Waals surface area contributed by atoms with Gasteiger partial charge in [-0.05, 0) is 13.8 Å². The fraction of sp³-hybridized carbons (Fsp3) is 0.286. The average molecular weight is 232 g/mol. The van der Waals surface area contributed by atoms with E-state index in [9.17, 15) is 9.59 Å². The van der Waals surface area contributed by atoms with Gasteiger partial charge in [0.15, 0.2) is 5.78 Å². The van der Waals surface area contributed by atoms with Crippen molar-refractivity contribution in [3.8, 4) is 0 Å². The summed E-state index contributed by atoms with van der Waals surface area (Å²) in [5.74, 6) is -0.865. The van der Waals surface area contributed by atoms with Crippen molar-refractivity contribution in [3.05, 3.63) is 48.6 Å². The van der Waals surface area contributed by atoms with Crippen LogP contribution < -0.4 is 0 Å². The Hall–Kier alpha value is -1.90. The number of hydrogen-bond acceptors (Lipinski definition) is 3. The molecule has 0 spiro atoms. The number of hydrogen-bond donors (Lipinski definition) is 0. The summed E-state index contributed by atoms with van der Waals surface area (Å²) >= 11 is 0. The van der Waals surface area contributed by atoms with Crippen molar-refractivity contribution in [2.45, 2.75) is 13.8 Å². The van der Waals surface area contributed by atoms with Crippen LogP contribution in [0.2, 0.25) is 0 Å². The maximum Gasteiger partial charge on any atom is 0.323 e. The molecule has 0 radical (unpaired) electrons. The van der Waals surface area contributed by atoms with Gasteiger partial charge in [-0.25, -0.2) is 0 Å². The molecule has 0 N–H and O–H groups in total. The molecule has 17 heavy (non-hydrogen) atoms. The smallest absolute Gasteiger partial charge is 0.323 e. The number of rotatable bonds is 5. The number of Topliss-reactive ketones (excluding diaryl/α,β-unsaturated/α-hetero) is 1. The SMILES string of the molecule is C=CC(C)(C(=O)OCC)C(=O)c1ccccc1. The van der Waals surface area contributed by atoms with Gasteiger partial charge in [0, 0.05) is 5.56 Å². The average Bonchev–Trinajstić information content (AvgIpc) is 2.38. The van der Waals surface area contributed by atoms with Gasteiger partial charge in [0.05, 0.1) is 6.61 Å². The van der Waals surface area contributed by atoms with E-state index in [2.05, 4.69) is 6.58 Å². The lowest BCUT2D eigenvalue weighted by Crippen LogP contribution is -2.36. The molecule has 1 aromatic rings. The van der Waals surface area contributed by atoms with Crippen LogP contribution in [-0.4, -0.2) is 18.4 Å². The number of carbonyl (C=O) groups is 2. The highest BCUT2D eigenvalue weighted by atomic mass is 16.5. The second-order valence-electron chi connectivity index (χ2n) is 3.82.